The summed E-state index contributed by atoms with van der Waals surface area (Å²) in [5.41, 5.74) is 3.60. The number of aromatic nitrogens is 2. The van der Waals surface area contributed by atoms with Crippen molar-refractivity contribution in [2.75, 3.05) is 20.8 Å². The molecule has 2 aromatic carbocycles. The Hall–Kier alpha value is -3.42. The average Bonchev–Trinajstić information content (AvgIpc) is 3.64. The zero-order valence-electron chi connectivity index (χ0n) is 26.4. The molecule has 0 aliphatic heterocycles. The zero-order chi connectivity index (χ0) is 32.3. The van der Waals surface area contributed by atoms with Crippen LogP contribution in [0.3, 0.4) is 0 Å². The first-order chi connectivity index (χ1) is 21.7. The van der Waals surface area contributed by atoms with Crippen LogP contribution >= 0.6 is 22.6 Å². The molecule has 1 saturated carbocycles. The van der Waals surface area contributed by atoms with Crippen molar-refractivity contribution in [1.82, 2.24) is 9.97 Å². The number of hydrogen-bond acceptors (Lipinski definition) is 9. The monoisotopic (exact) mass is 732 g/mol. The van der Waals surface area contributed by atoms with Crippen molar-refractivity contribution in [3.8, 4) is 34.4 Å². The summed E-state index contributed by atoms with van der Waals surface area (Å²) in [6.45, 7) is 6.23. The fourth-order valence-electron chi connectivity index (χ4n) is 4.97. The largest absolute Gasteiger partial charge is 0.497 e. The third-order valence-corrected chi connectivity index (χ3v) is 8.39. The Bertz CT molecular complexity index is 1530. The molecule has 11 heteroatoms. The second-order valence-corrected chi connectivity index (χ2v) is 11.7. The number of carboxylic acids is 1. The van der Waals surface area contributed by atoms with Gasteiger partial charge in [-0.15, -0.1) is 0 Å². The third kappa shape index (κ3) is 9.78. The summed E-state index contributed by atoms with van der Waals surface area (Å²) in [7, 11) is 3.28. The molecule has 5 rings (SSSR count). The molecule has 1 fully saturated rings. The Morgan fingerprint density at radius 1 is 0.956 bits per heavy atom. The smallest absolute Gasteiger partial charge is 0.332 e. The third-order valence-electron chi connectivity index (χ3n) is 7.67. The van der Waals surface area contributed by atoms with Gasteiger partial charge < -0.3 is 32.9 Å². The number of ether oxygens (including phenoxy) is 4. The number of benzene rings is 2. The van der Waals surface area contributed by atoms with Crippen LogP contribution in [0.5, 0.6) is 11.5 Å². The van der Waals surface area contributed by atoms with Gasteiger partial charge in [-0.25, -0.2) is 14.8 Å². The Morgan fingerprint density at radius 3 is 2.07 bits per heavy atom. The summed E-state index contributed by atoms with van der Waals surface area (Å²) >= 11 is 2.28. The van der Waals surface area contributed by atoms with Crippen LogP contribution in [0, 0.1) is 19.8 Å². The van der Waals surface area contributed by atoms with Crippen molar-refractivity contribution < 1.29 is 37.7 Å². The van der Waals surface area contributed by atoms with Crippen molar-refractivity contribution in [1.29, 1.82) is 0 Å². The number of nitrogens with zero attached hydrogens (tertiary/aromatic N) is 2. The molecule has 0 bridgehead atoms. The van der Waals surface area contributed by atoms with Gasteiger partial charge in [0.1, 0.15) is 28.7 Å². The highest BCUT2D eigenvalue weighted by Gasteiger charge is 2.25. The molecule has 0 saturated heterocycles. The molecule has 45 heavy (non-hydrogen) atoms. The lowest BCUT2D eigenvalue weighted by Crippen LogP contribution is -2.29. The summed E-state index contributed by atoms with van der Waals surface area (Å²) in [6.07, 6.45) is 3.29. The van der Waals surface area contributed by atoms with Gasteiger partial charge in [0.05, 0.1) is 39.2 Å². The molecule has 10 nitrogen and oxygen atoms in total. The zero-order valence-corrected chi connectivity index (χ0v) is 28.5. The number of rotatable bonds is 12. The van der Waals surface area contributed by atoms with Crippen LogP contribution < -0.4 is 9.47 Å². The summed E-state index contributed by atoms with van der Waals surface area (Å²) < 4.78 is 34.3. The minimum absolute atomic E-state index is 0.119. The summed E-state index contributed by atoms with van der Waals surface area (Å²) in [5, 5.41) is 8.94. The van der Waals surface area contributed by atoms with E-state index in [4.69, 9.17) is 32.9 Å². The van der Waals surface area contributed by atoms with Gasteiger partial charge in [-0.3, -0.25) is 0 Å². The Morgan fingerprint density at radius 2 is 1.53 bits per heavy atom. The maximum absolute atomic E-state index is 10.9. The molecule has 3 unspecified atom stereocenters. The standard InChI is InChI=1S/C22H29NO6.C12H12INO2/c1-14-20(23-21(29-14)17-7-5-8-18(11-17)26-3)13-28-19-9-4-6-16(10-19)12-27-15(2)22(24)25;1-8-11(7-13)14-12(16-8)9-4-3-5-10(6-9)15-2/h5,7-8,11,15-16,19H,4,6,9-10,12-13H2,1-3H3,(H,24,25);3-6H,7H2,1-2H3. The predicted octanol–water partition coefficient (Wildman–Crippen LogP) is 7.82. The fourth-order valence-corrected chi connectivity index (χ4v) is 5.67. The fraction of sp³-hybridized carbons (Fsp3) is 0.441. The van der Waals surface area contributed by atoms with Crippen molar-refractivity contribution in [2.24, 2.45) is 5.92 Å². The number of oxazole rings is 2. The molecule has 242 valence electrons. The van der Waals surface area contributed by atoms with Crippen LogP contribution in [0.4, 0.5) is 0 Å². The quantitative estimate of drug-likeness (QED) is 0.114. The number of aryl methyl sites for hydroxylation is 2. The summed E-state index contributed by atoms with van der Waals surface area (Å²) in [4.78, 5) is 19.9. The first kappa shape index (κ1) is 34.5. The second kappa shape index (κ2) is 16.8. The number of carboxylic acid groups (broad SMARTS) is 1. The Balaban J connectivity index is 0.000000242. The van der Waals surface area contributed by atoms with Crippen LogP contribution in [0.2, 0.25) is 0 Å². The molecule has 1 aliphatic carbocycles. The molecule has 2 aromatic heterocycles. The predicted molar refractivity (Wildman–Crippen MR) is 178 cm³/mol. The molecule has 0 radical (unpaired) electrons. The number of alkyl halides is 1. The lowest BCUT2D eigenvalue weighted by Gasteiger charge is -2.29. The molecule has 2 heterocycles. The number of hydrogen-bond donors (Lipinski definition) is 1. The van der Waals surface area contributed by atoms with Crippen molar-refractivity contribution in [3.63, 3.8) is 0 Å². The first-order valence-corrected chi connectivity index (χ1v) is 16.5. The Labute approximate surface area is 277 Å². The van der Waals surface area contributed by atoms with Crippen LogP contribution in [-0.2, 0) is 25.3 Å². The van der Waals surface area contributed by atoms with Gasteiger partial charge in [-0.2, -0.15) is 0 Å². The molecule has 1 N–H and O–H groups in total. The van der Waals surface area contributed by atoms with Crippen LogP contribution in [-0.4, -0.2) is 54.1 Å². The van der Waals surface area contributed by atoms with E-state index in [-0.39, 0.29) is 6.10 Å². The molecule has 3 atom stereocenters. The average molecular weight is 733 g/mol. The van der Waals surface area contributed by atoms with Crippen LogP contribution in [0.1, 0.15) is 55.5 Å². The van der Waals surface area contributed by atoms with Gasteiger partial charge >= 0.3 is 5.97 Å². The van der Waals surface area contributed by atoms with E-state index in [9.17, 15) is 4.79 Å². The van der Waals surface area contributed by atoms with E-state index in [1.54, 1.807) is 21.1 Å². The number of halogens is 1. The minimum Gasteiger partial charge on any atom is -0.497 e. The normalized spacial score (nSPS) is 16.8. The first-order valence-electron chi connectivity index (χ1n) is 14.9. The highest BCUT2D eigenvalue weighted by atomic mass is 127. The van der Waals surface area contributed by atoms with E-state index in [2.05, 4.69) is 32.6 Å². The topological polar surface area (TPSA) is 126 Å². The molecular formula is C34H41IN2O8. The molecule has 4 aromatic rings. The van der Waals surface area contributed by atoms with E-state index in [1.165, 1.54) is 0 Å². The van der Waals surface area contributed by atoms with E-state index in [0.717, 1.165) is 75.6 Å². The van der Waals surface area contributed by atoms with E-state index < -0.39 is 12.1 Å². The van der Waals surface area contributed by atoms with Crippen LogP contribution in [0.25, 0.3) is 22.9 Å². The van der Waals surface area contributed by atoms with Gasteiger partial charge in [0, 0.05) is 15.6 Å². The highest BCUT2D eigenvalue weighted by Crippen LogP contribution is 2.30. The number of methoxy groups -OCH3 is 2. The highest BCUT2D eigenvalue weighted by molar-refractivity contribution is 14.1. The van der Waals surface area contributed by atoms with Gasteiger partial charge in [0.2, 0.25) is 11.8 Å². The van der Waals surface area contributed by atoms with Gasteiger partial charge in [0.25, 0.3) is 0 Å². The summed E-state index contributed by atoms with van der Waals surface area (Å²) in [5.74, 6) is 3.79. The van der Waals surface area contributed by atoms with Crippen molar-refractivity contribution in [2.45, 2.75) is 69.7 Å². The lowest BCUT2D eigenvalue weighted by atomic mass is 9.87. The Kier molecular flexibility index (Phi) is 12.8. The van der Waals surface area contributed by atoms with E-state index in [1.807, 2.05) is 62.4 Å². The molecular weight excluding hydrogens is 691 g/mol. The van der Waals surface area contributed by atoms with Gasteiger partial charge in [-0.1, -0.05) is 41.1 Å². The van der Waals surface area contributed by atoms with Crippen LogP contribution in [0.15, 0.2) is 57.4 Å². The van der Waals surface area contributed by atoms with Gasteiger partial charge in [-0.05, 0) is 82.3 Å². The molecule has 0 amide bonds. The van der Waals surface area contributed by atoms with E-state index in [0.29, 0.717) is 30.9 Å². The molecule has 0 spiro atoms. The number of carbonyl (C=O) groups is 1. The SMILES string of the molecule is COc1cccc(-c2nc(CI)c(C)o2)c1.COc1cccc(-c2nc(COC3CCCC(COC(C)C(=O)O)C3)c(C)o2)c1. The van der Waals surface area contributed by atoms with Crippen molar-refractivity contribution in [3.05, 3.63) is 71.4 Å². The van der Waals surface area contributed by atoms with Crippen molar-refractivity contribution >= 4 is 28.6 Å². The van der Waals surface area contributed by atoms with E-state index >= 15 is 0 Å². The minimum atomic E-state index is -0.929. The lowest BCUT2D eigenvalue weighted by molar-refractivity contribution is -0.150. The maximum Gasteiger partial charge on any atom is 0.332 e. The second-order valence-electron chi connectivity index (χ2n) is 10.9. The maximum atomic E-state index is 10.9. The van der Waals surface area contributed by atoms with Gasteiger partial charge in [0.15, 0.2) is 6.10 Å². The number of aliphatic carboxylic acids is 1. The molecule has 1 aliphatic rings. The summed E-state index contributed by atoms with van der Waals surface area (Å²) in [6, 6.07) is 15.3.